The van der Waals surface area contributed by atoms with Crippen LogP contribution in [0.5, 0.6) is 0 Å². The second kappa shape index (κ2) is 9.05. The Labute approximate surface area is 161 Å². The third-order valence-electron chi connectivity index (χ3n) is 3.48. The van der Waals surface area contributed by atoms with Crippen LogP contribution in [-0.2, 0) is 4.79 Å². The quantitative estimate of drug-likeness (QED) is 0.543. The Morgan fingerprint density at radius 3 is 2.39 bits per heavy atom. The van der Waals surface area contributed by atoms with Gasteiger partial charge in [0, 0.05) is 16.1 Å². The van der Waals surface area contributed by atoms with Crippen LogP contribution in [0.3, 0.4) is 0 Å². The van der Waals surface area contributed by atoms with Gasteiger partial charge in [0.25, 0.3) is 5.91 Å². The topological polar surface area (TPSA) is 58.2 Å². The molecule has 0 spiro atoms. The number of amides is 2. The van der Waals surface area contributed by atoms with Crippen molar-refractivity contribution < 1.29 is 31.5 Å². The van der Waals surface area contributed by atoms with Crippen molar-refractivity contribution in [2.75, 3.05) is 17.6 Å². The van der Waals surface area contributed by atoms with Gasteiger partial charge in [0.05, 0.1) is 5.75 Å². The van der Waals surface area contributed by atoms with E-state index < -0.39 is 36.2 Å². The molecular weight excluding hydrogens is 403 g/mol. The molecule has 0 aliphatic carbocycles. The Kier molecular flexibility index (Phi) is 7.00. The van der Waals surface area contributed by atoms with Gasteiger partial charge in [0.2, 0.25) is 5.91 Å². The number of aryl methyl sites for hydroxylation is 1. The molecule has 0 saturated carbocycles. The summed E-state index contributed by atoms with van der Waals surface area (Å²) in [5, 5.41) is 4.29. The van der Waals surface area contributed by atoms with E-state index in [1.54, 1.807) is 12.2 Å². The maximum Gasteiger partial charge on any atom is 0.405 e. The van der Waals surface area contributed by atoms with Crippen molar-refractivity contribution in [2.45, 2.75) is 18.0 Å². The van der Waals surface area contributed by atoms with Crippen molar-refractivity contribution >= 4 is 29.3 Å². The zero-order chi connectivity index (χ0) is 20.9. The molecule has 2 amide bonds. The highest BCUT2D eigenvalue weighted by atomic mass is 32.2. The van der Waals surface area contributed by atoms with Crippen LogP contribution in [0.1, 0.15) is 15.9 Å². The van der Waals surface area contributed by atoms with Crippen molar-refractivity contribution in [1.29, 1.82) is 0 Å². The van der Waals surface area contributed by atoms with Crippen LogP contribution < -0.4 is 10.6 Å². The number of alkyl halides is 3. The molecule has 0 heterocycles. The minimum absolute atomic E-state index is 0.0431. The third kappa shape index (κ3) is 6.52. The summed E-state index contributed by atoms with van der Waals surface area (Å²) >= 11 is 0.975. The molecule has 0 fully saturated rings. The molecule has 0 bridgehead atoms. The van der Waals surface area contributed by atoms with Gasteiger partial charge in [0.15, 0.2) is 11.6 Å². The zero-order valence-electron chi connectivity index (χ0n) is 14.5. The van der Waals surface area contributed by atoms with Gasteiger partial charge < -0.3 is 10.6 Å². The number of carbonyl (C=O) groups is 2. The van der Waals surface area contributed by atoms with Crippen LogP contribution in [-0.4, -0.2) is 30.3 Å². The lowest BCUT2D eigenvalue weighted by atomic mass is 10.1. The second-order valence-corrected chi connectivity index (χ2v) is 6.79. The summed E-state index contributed by atoms with van der Waals surface area (Å²) in [6.45, 7) is 0.182. The number of carbonyl (C=O) groups excluding carboxylic acids is 2. The highest BCUT2D eigenvalue weighted by Gasteiger charge is 2.28. The molecule has 4 nitrogen and oxygen atoms in total. The molecular formula is C18H15F5N2O2S. The first kappa shape index (κ1) is 21.7. The Bertz CT molecular complexity index is 887. The van der Waals surface area contributed by atoms with Gasteiger partial charge in [-0.2, -0.15) is 13.2 Å². The largest absolute Gasteiger partial charge is 0.405 e. The zero-order valence-corrected chi connectivity index (χ0v) is 15.3. The average Bonchev–Trinajstić information content (AvgIpc) is 2.62. The molecule has 0 aliphatic heterocycles. The van der Waals surface area contributed by atoms with E-state index in [9.17, 15) is 31.5 Å². The first-order valence-corrected chi connectivity index (χ1v) is 8.87. The normalized spacial score (nSPS) is 11.2. The smallest absolute Gasteiger partial charge is 0.343 e. The van der Waals surface area contributed by atoms with Crippen molar-refractivity contribution in [2.24, 2.45) is 0 Å². The molecule has 0 saturated heterocycles. The summed E-state index contributed by atoms with van der Waals surface area (Å²) < 4.78 is 62.7. The summed E-state index contributed by atoms with van der Waals surface area (Å²) in [6.07, 6.45) is -4.53. The van der Waals surface area contributed by atoms with Crippen LogP contribution in [0.4, 0.5) is 27.6 Å². The molecule has 2 aromatic carbocycles. The minimum atomic E-state index is -4.53. The Balaban J connectivity index is 1.99. The number of benzene rings is 2. The number of anilines is 1. The summed E-state index contributed by atoms with van der Waals surface area (Å²) in [4.78, 5) is 24.2. The molecule has 10 heteroatoms. The number of halogens is 5. The van der Waals surface area contributed by atoms with Crippen LogP contribution >= 0.6 is 11.8 Å². The Morgan fingerprint density at radius 1 is 1.04 bits per heavy atom. The number of thioether (sulfide) groups is 1. The van der Waals surface area contributed by atoms with Gasteiger partial charge in [0.1, 0.15) is 6.54 Å². The molecule has 0 aliphatic rings. The number of hydrogen-bond donors (Lipinski definition) is 2. The van der Waals surface area contributed by atoms with Gasteiger partial charge in [-0.1, -0.05) is 6.07 Å². The van der Waals surface area contributed by atoms with Crippen LogP contribution in [0.15, 0.2) is 41.3 Å². The van der Waals surface area contributed by atoms with Crippen LogP contribution in [0.25, 0.3) is 0 Å². The fourth-order valence-corrected chi connectivity index (χ4v) is 2.80. The van der Waals surface area contributed by atoms with Gasteiger partial charge in [-0.25, -0.2) is 8.78 Å². The Hall–Kier alpha value is -2.62. The fraction of sp³-hybridized carbons (Fsp3) is 0.222. The number of nitrogens with one attached hydrogen (secondary N) is 2. The standard InChI is InChI=1S/C18H15F5N2O2S/c1-10-2-3-11(17(27)24-9-18(21,22)23)6-15(10)25-16(26)8-28-12-4-5-13(19)14(20)7-12/h2-7H,8-9H2,1H3,(H,24,27)(H,25,26). The lowest BCUT2D eigenvalue weighted by Crippen LogP contribution is -2.33. The Morgan fingerprint density at radius 2 is 1.75 bits per heavy atom. The van der Waals surface area contributed by atoms with Gasteiger partial charge in [-0.05, 0) is 42.8 Å². The van der Waals surface area contributed by atoms with Crippen molar-refractivity contribution in [3.8, 4) is 0 Å². The predicted molar refractivity (Wildman–Crippen MR) is 95.3 cm³/mol. The number of rotatable bonds is 6. The number of hydrogen-bond acceptors (Lipinski definition) is 3. The van der Waals surface area contributed by atoms with Crippen molar-refractivity contribution in [3.05, 3.63) is 59.2 Å². The molecule has 150 valence electrons. The maximum absolute atomic E-state index is 13.2. The molecule has 0 atom stereocenters. The summed E-state index contributed by atoms with van der Waals surface area (Å²) in [5.74, 6) is -3.55. The van der Waals surface area contributed by atoms with E-state index in [1.165, 1.54) is 24.3 Å². The van der Waals surface area contributed by atoms with E-state index in [2.05, 4.69) is 5.32 Å². The maximum atomic E-state index is 13.2. The second-order valence-electron chi connectivity index (χ2n) is 5.74. The predicted octanol–water partition coefficient (Wildman–Crippen LogP) is 4.30. The molecule has 28 heavy (non-hydrogen) atoms. The van der Waals surface area contributed by atoms with Gasteiger partial charge in [-0.15, -0.1) is 11.8 Å². The van der Waals surface area contributed by atoms with E-state index in [-0.39, 0.29) is 17.0 Å². The fourth-order valence-electron chi connectivity index (χ4n) is 2.08. The van der Waals surface area contributed by atoms with E-state index in [0.29, 0.717) is 10.5 Å². The van der Waals surface area contributed by atoms with E-state index >= 15 is 0 Å². The van der Waals surface area contributed by atoms with E-state index in [4.69, 9.17) is 0 Å². The molecule has 0 unspecified atom stereocenters. The first-order chi connectivity index (χ1) is 13.0. The average molecular weight is 418 g/mol. The van der Waals surface area contributed by atoms with Gasteiger partial charge >= 0.3 is 6.18 Å². The highest BCUT2D eigenvalue weighted by molar-refractivity contribution is 8.00. The SMILES string of the molecule is Cc1ccc(C(=O)NCC(F)(F)F)cc1NC(=O)CSc1ccc(F)c(F)c1. The summed E-state index contributed by atoms with van der Waals surface area (Å²) in [7, 11) is 0. The van der Waals surface area contributed by atoms with Gasteiger partial charge in [-0.3, -0.25) is 9.59 Å². The molecule has 0 radical (unpaired) electrons. The van der Waals surface area contributed by atoms with Crippen molar-refractivity contribution in [1.82, 2.24) is 5.32 Å². The third-order valence-corrected chi connectivity index (χ3v) is 4.48. The van der Waals surface area contributed by atoms with Crippen LogP contribution in [0, 0.1) is 18.6 Å². The molecule has 2 rings (SSSR count). The minimum Gasteiger partial charge on any atom is -0.343 e. The summed E-state index contributed by atoms with van der Waals surface area (Å²) in [5.41, 5.74) is 0.813. The van der Waals surface area contributed by atoms with E-state index in [1.807, 2.05) is 0 Å². The molecule has 2 N–H and O–H groups in total. The lowest BCUT2D eigenvalue weighted by Gasteiger charge is -2.12. The summed E-state index contributed by atoms with van der Waals surface area (Å²) in [6, 6.07) is 7.33. The lowest BCUT2D eigenvalue weighted by molar-refractivity contribution is -0.123. The van der Waals surface area contributed by atoms with Crippen LogP contribution in [0.2, 0.25) is 0 Å². The molecule has 2 aromatic rings. The molecule has 0 aromatic heterocycles. The highest BCUT2D eigenvalue weighted by Crippen LogP contribution is 2.22. The van der Waals surface area contributed by atoms with Crippen molar-refractivity contribution in [3.63, 3.8) is 0 Å². The van der Waals surface area contributed by atoms with E-state index in [0.717, 1.165) is 23.9 Å². The monoisotopic (exact) mass is 418 g/mol. The first-order valence-electron chi connectivity index (χ1n) is 7.88.